The zero-order chi connectivity index (χ0) is 29.6. The summed E-state index contributed by atoms with van der Waals surface area (Å²) in [5.74, 6) is 0.104. The summed E-state index contributed by atoms with van der Waals surface area (Å²) in [5.41, 5.74) is 2.56. The summed E-state index contributed by atoms with van der Waals surface area (Å²) in [4.78, 5) is 42.8. The molecule has 5 rings (SSSR count). The SMILES string of the molecule is COc1cc(F)ccc1-c1nc2c(cc1Cl)c(N1CCN(C(=O)O)CC1C)nc(=O)n2-c1c(C)ccnc1C(C)C. The van der Waals surface area contributed by atoms with Gasteiger partial charge in [-0.25, -0.2) is 23.5 Å². The summed E-state index contributed by atoms with van der Waals surface area (Å²) in [7, 11) is 1.43. The van der Waals surface area contributed by atoms with Crippen LogP contribution >= 0.6 is 11.6 Å². The predicted octanol–water partition coefficient (Wildman–Crippen LogP) is 5.26. The second-order valence-corrected chi connectivity index (χ2v) is 10.8. The molecule has 1 atom stereocenters. The lowest BCUT2D eigenvalue weighted by Gasteiger charge is -2.39. The van der Waals surface area contributed by atoms with Gasteiger partial charge in [0.15, 0.2) is 5.65 Å². The molecule has 0 bridgehead atoms. The maximum Gasteiger partial charge on any atom is 0.407 e. The molecule has 214 valence electrons. The van der Waals surface area contributed by atoms with Crippen LogP contribution < -0.4 is 15.3 Å². The van der Waals surface area contributed by atoms with Crippen molar-refractivity contribution in [2.24, 2.45) is 0 Å². The van der Waals surface area contributed by atoms with Gasteiger partial charge in [-0.15, -0.1) is 0 Å². The van der Waals surface area contributed by atoms with Crippen LogP contribution in [0.5, 0.6) is 5.75 Å². The van der Waals surface area contributed by atoms with Gasteiger partial charge < -0.3 is 19.6 Å². The van der Waals surface area contributed by atoms with Crippen LogP contribution in [-0.4, -0.2) is 68.4 Å². The first-order valence-corrected chi connectivity index (χ1v) is 13.6. The molecule has 0 aliphatic carbocycles. The van der Waals surface area contributed by atoms with Crippen LogP contribution in [-0.2, 0) is 0 Å². The average Bonchev–Trinajstić information content (AvgIpc) is 2.93. The van der Waals surface area contributed by atoms with Crippen molar-refractivity contribution < 1.29 is 19.0 Å². The number of ether oxygens (including phenoxy) is 1. The molecule has 0 radical (unpaired) electrons. The van der Waals surface area contributed by atoms with Crippen molar-refractivity contribution in [3.8, 4) is 22.7 Å². The number of carboxylic acid groups (broad SMARTS) is 1. The Labute approximate surface area is 241 Å². The highest BCUT2D eigenvalue weighted by Crippen LogP contribution is 2.38. The largest absolute Gasteiger partial charge is 0.496 e. The van der Waals surface area contributed by atoms with E-state index in [9.17, 15) is 19.1 Å². The van der Waals surface area contributed by atoms with Gasteiger partial charge in [-0.2, -0.15) is 4.98 Å². The maximum atomic E-state index is 14.0. The van der Waals surface area contributed by atoms with Gasteiger partial charge in [-0.1, -0.05) is 25.4 Å². The van der Waals surface area contributed by atoms with E-state index in [-0.39, 0.29) is 41.5 Å². The number of methoxy groups -OCH3 is 1. The zero-order valence-corrected chi connectivity index (χ0v) is 24.1. The molecule has 1 unspecified atom stereocenters. The van der Waals surface area contributed by atoms with E-state index in [2.05, 4.69) is 9.97 Å². The lowest BCUT2D eigenvalue weighted by Crippen LogP contribution is -2.54. The Morgan fingerprint density at radius 2 is 1.95 bits per heavy atom. The van der Waals surface area contributed by atoms with Crippen LogP contribution in [0, 0.1) is 12.7 Å². The second-order valence-electron chi connectivity index (χ2n) is 10.4. The van der Waals surface area contributed by atoms with E-state index in [4.69, 9.17) is 21.3 Å². The van der Waals surface area contributed by atoms with Crippen LogP contribution in [0.25, 0.3) is 28.0 Å². The van der Waals surface area contributed by atoms with Crippen LogP contribution in [0.1, 0.15) is 37.9 Å². The predicted molar refractivity (Wildman–Crippen MR) is 155 cm³/mol. The highest BCUT2D eigenvalue weighted by atomic mass is 35.5. The minimum absolute atomic E-state index is 0.0143. The van der Waals surface area contributed by atoms with Crippen molar-refractivity contribution in [2.75, 3.05) is 31.6 Å². The average molecular weight is 581 g/mol. The van der Waals surface area contributed by atoms with E-state index < -0.39 is 17.6 Å². The number of amides is 1. The molecule has 41 heavy (non-hydrogen) atoms. The Morgan fingerprint density at radius 1 is 1.20 bits per heavy atom. The number of pyridine rings is 2. The molecular formula is C29H30ClFN6O4. The van der Waals surface area contributed by atoms with E-state index in [1.807, 2.05) is 38.7 Å². The standard InChI is InChI=1S/C29H30ClFN6O4/c1-15(2)23-25(16(3)8-9-32-23)37-27-20(13-21(30)24(33-27)19-7-6-18(31)12-22(19)41-5)26(34-28(37)38)36-11-10-35(29(39)40)14-17(36)4/h6-9,12-13,15,17H,10-11,14H2,1-5H3,(H,39,40). The van der Waals surface area contributed by atoms with Gasteiger partial charge >= 0.3 is 11.8 Å². The van der Waals surface area contributed by atoms with Crippen LogP contribution in [0.4, 0.5) is 15.0 Å². The van der Waals surface area contributed by atoms with Crippen molar-refractivity contribution in [1.82, 2.24) is 24.4 Å². The Kier molecular flexibility index (Phi) is 7.56. The number of rotatable bonds is 5. The highest BCUT2D eigenvalue weighted by Gasteiger charge is 2.31. The number of benzene rings is 1. The molecule has 1 aliphatic rings. The van der Waals surface area contributed by atoms with E-state index in [1.54, 1.807) is 12.3 Å². The molecule has 4 aromatic rings. The number of fused-ring (bicyclic) bond motifs is 1. The van der Waals surface area contributed by atoms with Crippen molar-refractivity contribution in [3.63, 3.8) is 0 Å². The van der Waals surface area contributed by atoms with Crippen LogP contribution in [0.15, 0.2) is 41.3 Å². The molecule has 10 nitrogen and oxygen atoms in total. The Hall–Kier alpha value is -4.25. The summed E-state index contributed by atoms with van der Waals surface area (Å²) in [6, 6.07) is 7.30. The molecule has 3 aromatic heterocycles. The minimum Gasteiger partial charge on any atom is -0.496 e. The number of hydrogen-bond acceptors (Lipinski definition) is 7. The molecule has 1 amide bonds. The third kappa shape index (κ3) is 5.06. The maximum absolute atomic E-state index is 14.0. The molecule has 1 aliphatic heterocycles. The first-order valence-electron chi connectivity index (χ1n) is 13.2. The number of aryl methyl sites for hydroxylation is 1. The zero-order valence-electron chi connectivity index (χ0n) is 23.4. The number of anilines is 1. The first-order chi connectivity index (χ1) is 19.5. The Bertz CT molecular complexity index is 1730. The van der Waals surface area contributed by atoms with Crippen molar-refractivity contribution >= 4 is 34.5 Å². The number of nitrogens with zero attached hydrogens (tertiary/aromatic N) is 6. The molecular weight excluding hydrogens is 551 g/mol. The number of hydrogen-bond donors (Lipinski definition) is 1. The van der Waals surface area contributed by atoms with Gasteiger partial charge in [0.25, 0.3) is 0 Å². The van der Waals surface area contributed by atoms with E-state index in [0.29, 0.717) is 40.4 Å². The fraction of sp³-hybridized carbons (Fsp3) is 0.345. The lowest BCUT2D eigenvalue weighted by molar-refractivity contribution is 0.136. The van der Waals surface area contributed by atoms with Crippen LogP contribution in [0.2, 0.25) is 5.02 Å². The molecule has 0 spiro atoms. The summed E-state index contributed by atoms with van der Waals surface area (Å²) in [6.07, 6.45) is 0.701. The molecule has 1 fully saturated rings. The van der Waals surface area contributed by atoms with Gasteiger partial charge in [0.1, 0.15) is 17.4 Å². The van der Waals surface area contributed by atoms with Gasteiger partial charge in [0.05, 0.1) is 34.6 Å². The van der Waals surface area contributed by atoms with Crippen molar-refractivity contribution in [3.05, 3.63) is 69.1 Å². The van der Waals surface area contributed by atoms with Crippen molar-refractivity contribution in [2.45, 2.75) is 39.7 Å². The number of carbonyl (C=O) groups is 1. The normalized spacial score (nSPS) is 15.6. The number of aromatic nitrogens is 4. The molecule has 1 N–H and O–H groups in total. The van der Waals surface area contributed by atoms with E-state index in [0.717, 1.165) is 5.56 Å². The van der Waals surface area contributed by atoms with Gasteiger partial charge in [-0.3, -0.25) is 4.98 Å². The molecule has 1 saturated heterocycles. The topological polar surface area (TPSA) is 114 Å². The summed E-state index contributed by atoms with van der Waals surface area (Å²) >= 11 is 6.83. The second kappa shape index (κ2) is 11.0. The summed E-state index contributed by atoms with van der Waals surface area (Å²) < 4.78 is 20.9. The third-order valence-corrected chi connectivity index (χ3v) is 7.60. The fourth-order valence-corrected chi connectivity index (χ4v) is 5.56. The Morgan fingerprint density at radius 3 is 2.61 bits per heavy atom. The fourth-order valence-electron chi connectivity index (χ4n) is 5.31. The van der Waals surface area contributed by atoms with Gasteiger partial charge in [-0.05, 0) is 49.6 Å². The molecule has 0 saturated carbocycles. The highest BCUT2D eigenvalue weighted by molar-refractivity contribution is 6.34. The van der Waals surface area contributed by atoms with Gasteiger partial charge in [0.2, 0.25) is 0 Å². The minimum atomic E-state index is -0.999. The number of piperazine rings is 1. The quantitative estimate of drug-likeness (QED) is 0.340. The third-order valence-electron chi connectivity index (χ3n) is 7.31. The van der Waals surface area contributed by atoms with E-state index in [1.165, 1.54) is 34.8 Å². The monoisotopic (exact) mass is 580 g/mol. The molecule has 12 heteroatoms. The lowest BCUT2D eigenvalue weighted by atomic mass is 10.0. The summed E-state index contributed by atoms with van der Waals surface area (Å²) in [5, 5.41) is 10.3. The van der Waals surface area contributed by atoms with Crippen LogP contribution in [0.3, 0.4) is 0 Å². The van der Waals surface area contributed by atoms with Crippen molar-refractivity contribution in [1.29, 1.82) is 0 Å². The Balaban J connectivity index is 1.84. The smallest absolute Gasteiger partial charge is 0.407 e. The first kappa shape index (κ1) is 28.3. The molecule has 1 aromatic carbocycles. The van der Waals surface area contributed by atoms with E-state index >= 15 is 0 Å². The van der Waals surface area contributed by atoms with Gasteiger partial charge in [0, 0.05) is 43.5 Å². The summed E-state index contributed by atoms with van der Waals surface area (Å²) in [6.45, 7) is 8.56. The number of halogens is 2. The molecule has 4 heterocycles.